The van der Waals surface area contributed by atoms with Crippen molar-refractivity contribution >= 4 is 17.6 Å². The molecular formula is C12H15ClO3. The van der Waals surface area contributed by atoms with Crippen LogP contribution < -0.4 is 4.74 Å². The van der Waals surface area contributed by atoms with E-state index >= 15 is 0 Å². The van der Waals surface area contributed by atoms with E-state index in [9.17, 15) is 4.79 Å². The number of carbonyl (C=O) groups is 1. The molecule has 1 atom stereocenters. The summed E-state index contributed by atoms with van der Waals surface area (Å²) >= 11 is 6.14. The van der Waals surface area contributed by atoms with Crippen LogP contribution in [0.25, 0.3) is 0 Å². The van der Waals surface area contributed by atoms with Crippen LogP contribution >= 0.6 is 11.6 Å². The molecule has 0 aromatic heterocycles. The number of hydrogen-bond acceptors (Lipinski definition) is 2. The molecule has 0 heterocycles. The Morgan fingerprint density at radius 3 is 2.44 bits per heavy atom. The van der Waals surface area contributed by atoms with Crippen molar-refractivity contribution in [3.63, 3.8) is 0 Å². The lowest BCUT2D eigenvalue weighted by Crippen LogP contribution is -2.11. The quantitative estimate of drug-likeness (QED) is 0.886. The molecule has 1 unspecified atom stereocenters. The molecule has 1 N–H and O–H groups in total. The van der Waals surface area contributed by atoms with E-state index in [2.05, 4.69) is 0 Å². The topological polar surface area (TPSA) is 46.5 Å². The highest BCUT2D eigenvalue weighted by Crippen LogP contribution is 2.38. The minimum atomic E-state index is -0.912. The summed E-state index contributed by atoms with van der Waals surface area (Å²) in [6.45, 7) is 5.33. The third-order valence-electron chi connectivity index (χ3n) is 2.63. The Hall–Kier alpha value is -1.22. The van der Waals surface area contributed by atoms with E-state index < -0.39 is 11.9 Å². The van der Waals surface area contributed by atoms with Crippen LogP contribution in [0.15, 0.2) is 6.07 Å². The fourth-order valence-electron chi connectivity index (χ4n) is 1.76. The molecule has 0 spiro atoms. The third kappa shape index (κ3) is 2.14. The molecule has 4 heteroatoms. The van der Waals surface area contributed by atoms with Crippen molar-refractivity contribution < 1.29 is 14.6 Å². The highest BCUT2D eigenvalue weighted by atomic mass is 35.5. The van der Waals surface area contributed by atoms with Crippen molar-refractivity contribution in [2.24, 2.45) is 0 Å². The number of ether oxygens (including phenoxy) is 1. The Morgan fingerprint density at radius 1 is 1.44 bits per heavy atom. The normalized spacial score (nSPS) is 12.3. The Morgan fingerprint density at radius 2 is 2.00 bits per heavy atom. The Bertz CT molecular complexity index is 427. The summed E-state index contributed by atoms with van der Waals surface area (Å²) < 4.78 is 5.24. The molecule has 0 amide bonds. The predicted octanol–water partition coefficient (Wildman–Crippen LogP) is 3.15. The monoisotopic (exact) mass is 242 g/mol. The number of carboxylic acid groups (broad SMARTS) is 1. The molecule has 16 heavy (non-hydrogen) atoms. The average Bonchev–Trinajstić information content (AvgIpc) is 2.21. The summed E-state index contributed by atoms with van der Waals surface area (Å²) in [5.41, 5.74) is 2.31. The Labute approximate surface area is 100.0 Å². The van der Waals surface area contributed by atoms with E-state index in [0.717, 1.165) is 11.1 Å². The maximum atomic E-state index is 11.0. The molecule has 0 radical (unpaired) electrons. The molecule has 88 valence electrons. The number of aliphatic carboxylic acids is 1. The van der Waals surface area contributed by atoms with Crippen molar-refractivity contribution in [3.8, 4) is 5.75 Å². The van der Waals surface area contributed by atoms with Gasteiger partial charge in [-0.05, 0) is 31.9 Å². The molecule has 0 aliphatic heterocycles. The summed E-state index contributed by atoms with van der Waals surface area (Å²) in [5.74, 6) is -1.03. The number of aryl methyl sites for hydroxylation is 2. The van der Waals surface area contributed by atoms with E-state index in [1.165, 1.54) is 7.11 Å². The maximum Gasteiger partial charge on any atom is 0.310 e. The highest BCUT2D eigenvalue weighted by Gasteiger charge is 2.24. The van der Waals surface area contributed by atoms with Crippen LogP contribution in [0.1, 0.15) is 29.5 Å². The van der Waals surface area contributed by atoms with Gasteiger partial charge in [0.1, 0.15) is 5.75 Å². The van der Waals surface area contributed by atoms with Gasteiger partial charge in [0.15, 0.2) is 0 Å². The van der Waals surface area contributed by atoms with Crippen LogP contribution in [-0.2, 0) is 4.79 Å². The Balaban J connectivity index is 3.50. The second-order valence-corrected chi connectivity index (χ2v) is 4.21. The van der Waals surface area contributed by atoms with Gasteiger partial charge in [-0.1, -0.05) is 17.7 Å². The van der Waals surface area contributed by atoms with Gasteiger partial charge >= 0.3 is 5.97 Å². The van der Waals surface area contributed by atoms with Crippen LogP contribution in [0.3, 0.4) is 0 Å². The molecule has 3 nitrogen and oxygen atoms in total. The lowest BCUT2D eigenvalue weighted by molar-refractivity contribution is -0.138. The molecule has 0 aliphatic carbocycles. The minimum absolute atomic E-state index is 0.470. The summed E-state index contributed by atoms with van der Waals surface area (Å²) in [6, 6.07) is 1.89. The van der Waals surface area contributed by atoms with Crippen LogP contribution in [0.2, 0.25) is 5.02 Å². The van der Waals surface area contributed by atoms with Crippen LogP contribution in [0.4, 0.5) is 0 Å². The fraction of sp³-hybridized carbons (Fsp3) is 0.417. The average molecular weight is 243 g/mol. The Kier molecular flexibility index (Phi) is 3.81. The first-order chi connectivity index (χ1) is 7.40. The molecule has 0 bridgehead atoms. The standard InChI is InChI=1S/C12H15ClO3/c1-6-5-7(2)11(16-4)9(10(6)13)8(3)12(14)15/h5,8H,1-4H3,(H,14,15). The van der Waals surface area contributed by atoms with E-state index in [0.29, 0.717) is 16.3 Å². The molecule has 0 saturated heterocycles. The highest BCUT2D eigenvalue weighted by molar-refractivity contribution is 6.32. The van der Waals surface area contributed by atoms with Gasteiger partial charge in [-0.25, -0.2) is 0 Å². The van der Waals surface area contributed by atoms with Gasteiger partial charge in [-0.3, -0.25) is 4.79 Å². The zero-order valence-corrected chi connectivity index (χ0v) is 10.6. The molecule has 1 rings (SSSR count). The fourth-order valence-corrected chi connectivity index (χ4v) is 2.06. The van der Waals surface area contributed by atoms with Gasteiger partial charge in [0.05, 0.1) is 18.1 Å². The zero-order valence-electron chi connectivity index (χ0n) is 9.80. The van der Waals surface area contributed by atoms with Crippen molar-refractivity contribution in [1.29, 1.82) is 0 Å². The first-order valence-corrected chi connectivity index (χ1v) is 5.34. The summed E-state index contributed by atoms with van der Waals surface area (Å²) in [5, 5.41) is 9.52. The second-order valence-electron chi connectivity index (χ2n) is 3.83. The van der Waals surface area contributed by atoms with Gasteiger partial charge < -0.3 is 9.84 Å². The summed E-state index contributed by atoms with van der Waals surface area (Å²) in [6.07, 6.45) is 0. The van der Waals surface area contributed by atoms with Crippen LogP contribution in [0.5, 0.6) is 5.75 Å². The predicted molar refractivity (Wildman–Crippen MR) is 63.5 cm³/mol. The molecule has 0 fully saturated rings. The molecule has 1 aromatic rings. The van der Waals surface area contributed by atoms with Crippen molar-refractivity contribution in [1.82, 2.24) is 0 Å². The van der Waals surface area contributed by atoms with Gasteiger partial charge in [-0.15, -0.1) is 0 Å². The van der Waals surface area contributed by atoms with Gasteiger partial charge in [0, 0.05) is 5.56 Å². The number of carboxylic acids is 1. The largest absolute Gasteiger partial charge is 0.496 e. The zero-order chi connectivity index (χ0) is 12.5. The van der Waals surface area contributed by atoms with E-state index in [-0.39, 0.29) is 0 Å². The number of halogens is 1. The molecule has 0 saturated carbocycles. The van der Waals surface area contributed by atoms with E-state index in [1.807, 2.05) is 19.9 Å². The molecule has 0 aliphatic rings. The van der Waals surface area contributed by atoms with Crippen molar-refractivity contribution in [2.75, 3.05) is 7.11 Å². The number of rotatable bonds is 3. The smallest absolute Gasteiger partial charge is 0.310 e. The lowest BCUT2D eigenvalue weighted by Gasteiger charge is -2.18. The molecular weight excluding hydrogens is 228 g/mol. The summed E-state index contributed by atoms with van der Waals surface area (Å²) in [4.78, 5) is 11.0. The van der Waals surface area contributed by atoms with Crippen LogP contribution in [-0.4, -0.2) is 18.2 Å². The lowest BCUT2D eigenvalue weighted by atomic mass is 9.95. The first-order valence-electron chi connectivity index (χ1n) is 4.96. The van der Waals surface area contributed by atoms with Gasteiger partial charge in [0.25, 0.3) is 0 Å². The van der Waals surface area contributed by atoms with Gasteiger partial charge in [-0.2, -0.15) is 0 Å². The number of methoxy groups -OCH3 is 1. The SMILES string of the molecule is COc1c(C)cc(C)c(Cl)c1C(C)C(=O)O. The van der Waals surface area contributed by atoms with Crippen LogP contribution in [0, 0.1) is 13.8 Å². The first kappa shape index (κ1) is 12.8. The number of hydrogen-bond donors (Lipinski definition) is 1. The molecule has 1 aromatic carbocycles. The van der Waals surface area contributed by atoms with E-state index in [4.69, 9.17) is 21.4 Å². The summed E-state index contributed by atoms with van der Waals surface area (Å²) in [7, 11) is 1.52. The van der Waals surface area contributed by atoms with E-state index in [1.54, 1.807) is 6.92 Å². The third-order valence-corrected chi connectivity index (χ3v) is 3.13. The van der Waals surface area contributed by atoms with Crippen molar-refractivity contribution in [3.05, 3.63) is 27.8 Å². The maximum absolute atomic E-state index is 11.0. The minimum Gasteiger partial charge on any atom is -0.496 e. The second kappa shape index (κ2) is 4.74. The van der Waals surface area contributed by atoms with Gasteiger partial charge in [0.2, 0.25) is 0 Å². The number of benzene rings is 1. The van der Waals surface area contributed by atoms with Crippen molar-refractivity contribution in [2.45, 2.75) is 26.7 Å².